The molecule has 27 heavy (non-hydrogen) atoms. The zero-order valence-corrected chi connectivity index (χ0v) is 16.3. The maximum Gasteiger partial charge on any atom is 0.410 e. The van der Waals surface area contributed by atoms with Crippen LogP contribution in [0.1, 0.15) is 37.8 Å². The van der Waals surface area contributed by atoms with Gasteiger partial charge in [0, 0.05) is 19.5 Å². The number of rotatable bonds is 3. The Kier molecular flexibility index (Phi) is 5.51. The third-order valence-electron chi connectivity index (χ3n) is 4.57. The fourth-order valence-electron chi connectivity index (χ4n) is 3.34. The Morgan fingerprint density at radius 1 is 1.22 bits per heavy atom. The first-order chi connectivity index (χ1) is 12.7. The van der Waals surface area contributed by atoms with Crippen molar-refractivity contribution in [2.45, 2.75) is 38.9 Å². The predicted molar refractivity (Wildman–Crippen MR) is 103 cm³/mol. The van der Waals surface area contributed by atoms with Crippen molar-refractivity contribution >= 4 is 6.09 Å². The molecule has 1 amide bonds. The van der Waals surface area contributed by atoms with Crippen LogP contribution in [0.25, 0.3) is 11.1 Å². The summed E-state index contributed by atoms with van der Waals surface area (Å²) in [4.78, 5) is 13.9. The van der Waals surface area contributed by atoms with Gasteiger partial charge in [0.05, 0.1) is 13.2 Å². The van der Waals surface area contributed by atoms with Crippen LogP contribution in [0.5, 0.6) is 0 Å². The lowest BCUT2D eigenvalue weighted by Gasteiger charge is -2.31. The molecule has 2 aromatic rings. The van der Waals surface area contributed by atoms with Crippen molar-refractivity contribution in [3.63, 3.8) is 0 Å². The zero-order chi connectivity index (χ0) is 19.6. The van der Waals surface area contributed by atoms with Gasteiger partial charge >= 0.3 is 6.09 Å². The number of carbonyl (C=O) groups is 1. The van der Waals surface area contributed by atoms with Gasteiger partial charge in [-0.3, -0.25) is 0 Å². The lowest BCUT2D eigenvalue weighted by molar-refractivity contribution is 0.0240. The fraction of sp³-hybridized carbons (Fsp3) is 0.409. The molecule has 0 saturated heterocycles. The Bertz CT molecular complexity index is 811. The molecule has 0 N–H and O–H groups in total. The average Bonchev–Trinajstić information content (AvgIpc) is 2.61. The molecule has 5 heteroatoms. The van der Waals surface area contributed by atoms with Gasteiger partial charge in [-0.15, -0.1) is 0 Å². The number of benzene rings is 2. The second-order valence-electron chi connectivity index (χ2n) is 7.95. The second kappa shape index (κ2) is 7.69. The Morgan fingerprint density at radius 3 is 2.59 bits per heavy atom. The summed E-state index contributed by atoms with van der Waals surface area (Å²) in [6.07, 6.45) is -0.343. The number of carbonyl (C=O) groups excluding carboxylic acids is 1. The van der Waals surface area contributed by atoms with Crippen LogP contribution in [-0.2, 0) is 16.1 Å². The number of amides is 1. The van der Waals surface area contributed by atoms with E-state index < -0.39 is 5.60 Å². The van der Waals surface area contributed by atoms with Gasteiger partial charge in [-0.25, -0.2) is 9.18 Å². The van der Waals surface area contributed by atoms with Crippen LogP contribution < -0.4 is 0 Å². The van der Waals surface area contributed by atoms with Crippen LogP contribution in [0.3, 0.4) is 0 Å². The topological polar surface area (TPSA) is 38.8 Å². The maximum atomic E-state index is 13.3. The molecule has 0 fully saturated rings. The minimum absolute atomic E-state index is 0.0617. The summed E-state index contributed by atoms with van der Waals surface area (Å²) in [7, 11) is 1.74. The monoisotopic (exact) mass is 371 g/mol. The van der Waals surface area contributed by atoms with E-state index in [-0.39, 0.29) is 17.8 Å². The number of hydrogen-bond acceptors (Lipinski definition) is 3. The highest BCUT2D eigenvalue weighted by molar-refractivity contribution is 5.70. The lowest BCUT2D eigenvalue weighted by atomic mass is 9.87. The largest absolute Gasteiger partial charge is 0.444 e. The Morgan fingerprint density at radius 2 is 1.93 bits per heavy atom. The molecule has 1 aliphatic rings. The van der Waals surface area contributed by atoms with Gasteiger partial charge in [-0.05, 0) is 55.2 Å². The van der Waals surface area contributed by atoms with Crippen molar-refractivity contribution in [2.75, 3.05) is 20.2 Å². The first-order valence-electron chi connectivity index (χ1n) is 9.14. The molecular weight excluding hydrogens is 345 g/mol. The highest BCUT2D eigenvalue weighted by Gasteiger charge is 2.27. The molecule has 1 heterocycles. The van der Waals surface area contributed by atoms with E-state index in [2.05, 4.69) is 6.07 Å². The molecule has 4 nitrogen and oxygen atoms in total. The molecule has 1 atom stereocenters. The van der Waals surface area contributed by atoms with Crippen LogP contribution in [0.4, 0.5) is 9.18 Å². The molecule has 0 bridgehead atoms. The Balaban J connectivity index is 1.83. The van der Waals surface area contributed by atoms with Gasteiger partial charge in [0.1, 0.15) is 11.4 Å². The quantitative estimate of drug-likeness (QED) is 0.764. The van der Waals surface area contributed by atoms with Crippen molar-refractivity contribution in [3.05, 3.63) is 59.4 Å². The van der Waals surface area contributed by atoms with Gasteiger partial charge in [0.2, 0.25) is 0 Å². The minimum Gasteiger partial charge on any atom is -0.444 e. The predicted octanol–water partition coefficient (Wildman–Crippen LogP) is 4.97. The van der Waals surface area contributed by atoms with E-state index in [9.17, 15) is 9.18 Å². The van der Waals surface area contributed by atoms with Crippen molar-refractivity contribution < 1.29 is 18.7 Å². The normalized spacial score (nSPS) is 16.6. The molecule has 0 aliphatic carbocycles. The summed E-state index contributed by atoms with van der Waals surface area (Å²) in [6.45, 7) is 7.13. The van der Waals surface area contributed by atoms with Crippen molar-refractivity contribution in [1.82, 2.24) is 4.90 Å². The molecule has 0 saturated carbocycles. The highest BCUT2D eigenvalue weighted by Crippen LogP contribution is 2.34. The van der Waals surface area contributed by atoms with Crippen molar-refractivity contribution in [1.29, 1.82) is 0 Å². The molecule has 0 aromatic heterocycles. The summed E-state index contributed by atoms with van der Waals surface area (Å²) < 4.78 is 24.5. The molecular formula is C22H26FNO3. The number of ether oxygens (including phenoxy) is 2. The standard InChI is InChI=1S/C22H26FNO3/c1-22(2,3)27-21(25)24(4)12-16-13-26-14-20-18(6-5-7-19(16)20)15-8-10-17(23)11-9-15/h5-11,16H,12-14H2,1-4H3/t16-/m1/s1. The van der Waals surface area contributed by atoms with E-state index in [1.807, 2.05) is 32.9 Å². The van der Waals surface area contributed by atoms with E-state index in [1.165, 1.54) is 17.7 Å². The minimum atomic E-state index is -0.526. The van der Waals surface area contributed by atoms with Crippen molar-refractivity contribution in [3.8, 4) is 11.1 Å². The van der Waals surface area contributed by atoms with Gasteiger partial charge in [0.25, 0.3) is 0 Å². The third kappa shape index (κ3) is 4.66. The molecule has 144 valence electrons. The van der Waals surface area contributed by atoms with Crippen LogP contribution in [-0.4, -0.2) is 36.8 Å². The second-order valence-corrected chi connectivity index (χ2v) is 7.95. The first kappa shape index (κ1) is 19.4. The van der Waals surface area contributed by atoms with Gasteiger partial charge in [0.15, 0.2) is 0 Å². The molecule has 0 spiro atoms. The molecule has 2 aromatic carbocycles. The number of fused-ring (bicyclic) bond motifs is 1. The van der Waals surface area contributed by atoms with Crippen LogP contribution in [0, 0.1) is 5.82 Å². The van der Waals surface area contributed by atoms with Crippen molar-refractivity contribution in [2.24, 2.45) is 0 Å². The SMILES string of the molecule is CN(C[C@@H]1COCc2c(-c3ccc(F)cc3)cccc21)C(=O)OC(C)(C)C. The van der Waals surface area contributed by atoms with E-state index in [4.69, 9.17) is 9.47 Å². The summed E-state index contributed by atoms with van der Waals surface area (Å²) in [5.74, 6) is -0.191. The molecule has 0 radical (unpaired) electrons. The summed E-state index contributed by atoms with van der Waals surface area (Å²) in [5, 5.41) is 0. The fourth-order valence-corrected chi connectivity index (χ4v) is 3.34. The third-order valence-corrected chi connectivity index (χ3v) is 4.57. The molecule has 3 rings (SSSR count). The van der Waals surface area contributed by atoms with E-state index in [0.717, 1.165) is 16.7 Å². The summed E-state index contributed by atoms with van der Waals surface area (Å²) >= 11 is 0. The highest BCUT2D eigenvalue weighted by atomic mass is 19.1. The van der Waals surface area contributed by atoms with Gasteiger partial charge in [-0.2, -0.15) is 0 Å². The van der Waals surface area contributed by atoms with E-state index in [0.29, 0.717) is 19.8 Å². The molecule has 1 aliphatic heterocycles. The average molecular weight is 371 g/mol. The molecule has 0 unspecified atom stereocenters. The number of halogens is 1. The summed E-state index contributed by atoms with van der Waals surface area (Å²) in [6, 6.07) is 12.6. The van der Waals surface area contributed by atoms with Crippen LogP contribution in [0.2, 0.25) is 0 Å². The van der Waals surface area contributed by atoms with Gasteiger partial charge in [-0.1, -0.05) is 30.3 Å². The van der Waals surface area contributed by atoms with Gasteiger partial charge < -0.3 is 14.4 Å². The van der Waals surface area contributed by atoms with E-state index >= 15 is 0 Å². The summed E-state index contributed by atoms with van der Waals surface area (Å²) in [5.41, 5.74) is 3.73. The smallest absolute Gasteiger partial charge is 0.410 e. The first-order valence-corrected chi connectivity index (χ1v) is 9.14. The van der Waals surface area contributed by atoms with Crippen LogP contribution >= 0.6 is 0 Å². The van der Waals surface area contributed by atoms with E-state index in [1.54, 1.807) is 24.1 Å². The number of hydrogen-bond donors (Lipinski definition) is 0. The lowest BCUT2D eigenvalue weighted by Crippen LogP contribution is -2.38. The Hall–Kier alpha value is -2.40. The van der Waals surface area contributed by atoms with Crippen LogP contribution in [0.15, 0.2) is 42.5 Å². The maximum absolute atomic E-state index is 13.3. The zero-order valence-electron chi connectivity index (χ0n) is 16.3. The number of likely N-dealkylation sites (N-methyl/N-ethyl adjacent to an activating group) is 1. The number of nitrogens with zero attached hydrogens (tertiary/aromatic N) is 1. The Labute approximate surface area is 159 Å².